The lowest BCUT2D eigenvalue weighted by Gasteiger charge is -2.12. The van der Waals surface area contributed by atoms with Gasteiger partial charge >= 0.3 is 0 Å². The SMILES string of the molecule is CCc1cnc(C(C)n2c(N)nc3ccc(C)nc32)s1. The van der Waals surface area contributed by atoms with E-state index in [-0.39, 0.29) is 6.04 Å². The Morgan fingerprint density at radius 1 is 1.35 bits per heavy atom. The summed E-state index contributed by atoms with van der Waals surface area (Å²) in [5, 5.41) is 1.04. The van der Waals surface area contributed by atoms with Crippen molar-refractivity contribution >= 4 is 28.4 Å². The van der Waals surface area contributed by atoms with Crippen LogP contribution in [-0.4, -0.2) is 19.5 Å². The molecule has 1 unspecified atom stereocenters. The van der Waals surface area contributed by atoms with Gasteiger partial charge in [-0.1, -0.05) is 6.92 Å². The predicted octanol–water partition coefficient (Wildman–Crippen LogP) is 2.95. The number of thiazole rings is 1. The Labute approximate surface area is 121 Å². The molecule has 20 heavy (non-hydrogen) atoms. The van der Waals surface area contributed by atoms with Crippen LogP contribution in [0.1, 0.15) is 35.5 Å². The molecule has 3 aromatic rings. The zero-order valence-electron chi connectivity index (χ0n) is 11.8. The molecule has 0 aliphatic rings. The largest absolute Gasteiger partial charge is 0.369 e. The Bertz CT molecular complexity index is 758. The molecule has 0 amide bonds. The first-order valence-corrected chi connectivity index (χ1v) is 7.47. The van der Waals surface area contributed by atoms with Crippen LogP contribution in [0.15, 0.2) is 18.3 Å². The zero-order chi connectivity index (χ0) is 14.3. The summed E-state index contributed by atoms with van der Waals surface area (Å²) >= 11 is 1.72. The van der Waals surface area contributed by atoms with Gasteiger partial charge in [0.1, 0.15) is 10.5 Å². The van der Waals surface area contributed by atoms with E-state index in [1.165, 1.54) is 4.88 Å². The smallest absolute Gasteiger partial charge is 0.203 e. The van der Waals surface area contributed by atoms with Gasteiger partial charge in [-0.2, -0.15) is 0 Å². The van der Waals surface area contributed by atoms with Crippen molar-refractivity contribution in [3.05, 3.63) is 33.9 Å². The summed E-state index contributed by atoms with van der Waals surface area (Å²) in [5.41, 5.74) is 8.68. The minimum Gasteiger partial charge on any atom is -0.369 e. The summed E-state index contributed by atoms with van der Waals surface area (Å²) in [4.78, 5) is 14.7. The predicted molar refractivity (Wildman–Crippen MR) is 82.0 cm³/mol. The number of imidazole rings is 1. The summed E-state index contributed by atoms with van der Waals surface area (Å²) in [7, 11) is 0. The van der Waals surface area contributed by atoms with E-state index in [1.54, 1.807) is 11.3 Å². The lowest BCUT2D eigenvalue weighted by atomic mass is 10.3. The van der Waals surface area contributed by atoms with E-state index >= 15 is 0 Å². The van der Waals surface area contributed by atoms with Crippen molar-refractivity contribution in [3.8, 4) is 0 Å². The molecule has 0 aromatic carbocycles. The highest BCUT2D eigenvalue weighted by molar-refractivity contribution is 7.11. The van der Waals surface area contributed by atoms with Crippen LogP contribution in [0, 0.1) is 6.92 Å². The second kappa shape index (κ2) is 4.86. The highest BCUT2D eigenvalue weighted by Crippen LogP contribution is 2.29. The number of aryl methyl sites for hydroxylation is 2. The molecule has 1 atom stereocenters. The van der Waals surface area contributed by atoms with Gasteiger partial charge in [-0.25, -0.2) is 15.0 Å². The molecule has 3 heterocycles. The Balaban J connectivity index is 2.12. The van der Waals surface area contributed by atoms with Crippen molar-refractivity contribution in [1.82, 2.24) is 19.5 Å². The van der Waals surface area contributed by atoms with Crippen LogP contribution < -0.4 is 5.73 Å². The molecule has 5 nitrogen and oxygen atoms in total. The summed E-state index contributed by atoms with van der Waals surface area (Å²) in [6, 6.07) is 3.94. The van der Waals surface area contributed by atoms with E-state index in [4.69, 9.17) is 5.73 Å². The third-order valence-electron chi connectivity index (χ3n) is 3.37. The third-order valence-corrected chi connectivity index (χ3v) is 4.68. The molecular formula is C14H17N5S. The number of anilines is 1. The number of nitrogens with two attached hydrogens (primary N) is 1. The number of nitrogen functional groups attached to an aromatic ring is 1. The monoisotopic (exact) mass is 287 g/mol. The van der Waals surface area contributed by atoms with Gasteiger partial charge in [-0.05, 0) is 32.4 Å². The maximum Gasteiger partial charge on any atom is 0.203 e. The second-order valence-electron chi connectivity index (χ2n) is 4.83. The standard InChI is InChI=1S/C14H17N5S/c1-4-10-7-16-13(20-10)9(3)19-12-11(18-14(19)15)6-5-8(2)17-12/h5-7,9H,4H2,1-3H3,(H2,15,18). The van der Waals surface area contributed by atoms with E-state index in [1.807, 2.05) is 29.8 Å². The number of rotatable bonds is 3. The van der Waals surface area contributed by atoms with Crippen LogP contribution in [0.5, 0.6) is 0 Å². The lowest BCUT2D eigenvalue weighted by molar-refractivity contribution is 0.657. The maximum absolute atomic E-state index is 6.07. The van der Waals surface area contributed by atoms with Gasteiger partial charge in [0.25, 0.3) is 0 Å². The molecule has 0 saturated heterocycles. The van der Waals surface area contributed by atoms with Gasteiger partial charge in [0.2, 0.25) is 5.95 Å². The van der Waals surface area contributed by atoms with Crippen LogP contribution in [0.3, 0.4) is 0 Å². The fourth-order valence-corrected chi connectivity index (χ4v) is 3.16. The van der Waals surface area contributed by atoms with Crippen molar-refractivity contribution in [2.45, 2.75) is 33.2 Å². The molecule has 0 aliphatic heterocycles. The number of nitrogens with zero attached hydrogens (tertiary/aromatic N) is 4. The molecule has 0 aliphatic carbocycles. The lowest BCUT2D eigenvalue weighted by Crippen LogP contribution is -2.10. The highest BCUT2D eigenvalue weighted by atomic mass is 32.1. The number of aromatic nitrogens is 4. The maximum atomic E-state index is 6.07. The van der Waals surface area contributed by atoms with Crippen LogP contribution in [-0.2, 0) is 6.42 Å². The topological polar surface area (TPSA) is 69.6 Å². The second-order valence-corrected chi connectivity index (χ2v) is 5.98. The summed E-state index contributed by atoms with van der Waals surface area (Å²) in [6.07, 6.45) is 2.94. The molecule has 2 N–H and O–H groups in total. The van der Waals surface area contributed by atoms with Gasteiger partial charge < -0.3 is 5.73 Å². The van der Waals surface area contributed by atoms with Gasteiger partial charge in [0.05, 0.1) is 6.04 Å². The molecule has 0 spiro atoms. The van der Waals surface area contributed by atoms with E-state index in [9.17, 15) is 0 Å². The molecule has 104 valence electrons. The van der Waals surface area contributed by atoms with Crippen molar-refractivity contribution < 1.29 is 0 Å². The minimum absolute atomic E-state index is 0.0413. The normalized spacial score (nSPS) is 12.9. The van der Waals surface area contributed by atoms with Gasteiger partial charge in [0, 0.05) is 16.8 Å². The summed E-state index contributed by atoms with van der Waals surface area (Å²) < 4.78 is 1.96. The van der Waals surface area contributed by atoms with Crippen LogP contribution in [0.4, 0.5) is 5.95 Å². The summed E-state index contributed by atoms with van der Waals surface area (Å²) in [5.74, 6) is 0.485. The Morgan fingerprint density at radius 3 is 2.85 bits per heavy atom. The van der Waals surface area contributed by atoms with Crippen molar-refractivity contribution in [2.24, 2.45) is 0 Å². The number of fused-ring (bicyclic) bond motifs is 1. The first-order valence-electron chi connectivity index (χ1n) is 6.65. The Morgan fingerprint density at radius 2 is 2.15 bits per heavy atom. The van der Waals surface area contributed by atoms with Crippen molar-refractivity contribution in [3.63, 3.8) is 0 Å². The van der Waals surface area contributed by atoms with E-state index in [0.29, 0.717) is 5.95 Å². The van der Waals surface area contributed by atoms with Crippen molar-refractivity contribution in [1.29, 1.82) is 0 Å². The van der Waals surface area contributed by atoms with Crippen LogP contribution >= 0.6 is 11.3 Å². The number of hydrogen-bond donors (Lipinski definition) is 1. The Kier molecular flexibility index (Phi) is 3.17. The average Bonchev–Trinajstić information content (AvgIpc) is 3.01. The van der Waals surface area contributed by atoms with E-state index < -0.39 is 0 Å². The molecule has 6 heteroatoms. The molecule has 3 aromatic heterocycles. The molecule has 3 rings (SSSR count). The first kappa shape index (κ1) is 13.1. The Hall–Kier alpha value is -1.95. The third kappa shape index (κ3) is 2.06. The van der Waals surface area contributed by atoms with Crippen LogP contribution in [0.25, 0.3) is 11.2 Å². The average molecular weight is 287 g/mol. The summed E-state index contributed by atoms with van der Waals surface area (Å²) in [6.45, 7) is 6.18. The van der Waals surface area contributed by atoms with Crippen LogP contribution in [0.2, 0.25) is 0 Å². The van der Waals surface area contributed by atoms with E-state index in [0.717, 1.165) is 28.3 Å². The van der Waals surface area contributed by atoms with Crippen molar-refractivity contribution in [2.75, 3.05) is 5.73 Å². The fourth-order valence-electron chi connectivity index (χ4n) is 2.26. The number of hydrogen-bond acceptors (Lipinski definition) is 5. The molecule has 0 bridgehead atoms. The molecule has 0 radical (unpaired) electrons. The van der Waals surface area contributed by atoms with Gasteiger partial charge in [0.15, 0.2) is 5.65 Å². The van der Waals surface area contributed by atoms with E-state index in [2.05, 4.69) is 28.8 Å². The fraction of sp³-hybridized carbons (Fsp3) is 0.357. The van der Waals surface area contributed by atoms with Gasteiger partial charge in [-0.15, -0.1) is 11.3 Å². The zero-order valence-corrected chi connectivity index (χ0v) is 12.6. The number of pyridine rings is 1. The molecule has 0 saturated carbocycles. The molecule has 0 fully saturated rings. The molecular weight excluding hydrogens is 270 g/mol. The first-order chi connectivity index (χ1) is 9.60. The minimum atomic E-state index is 0.0413. The quantitative estimate of drug-likeness (QED) is 0.804. The van der Waals surface area contributed by atoms with Gasteiger partial charge in [-0.3, -0.25) is 4.57 Å². The highest BCUT2D eigenvalue weighted by Gasteiger charge is 2.19.